The Balaban J connectivity index is 1.85. The smallest absolute Gasteiger partial charge is 0.270 e. The molecule has 0 fully saturated rings. The molecule has 0 unspecified atom stereocenters. The molecule has 7 rings (SSSR count). The summed E-state index contributed by atoms with van der Waals surface area (Å²) in [6.45, 7) is 8.35. The van der Waals surface area contributed by atoms with Gasteiger partial charge in [-0.15, -0.1) is 0 Å². The van der Waals surface area contributed by atoms with Crippen LogP contribution in [-0.2, 0) is 0 Å². The third kappa shape index (κ3) is 5.61. The normalized spacial score (nSPS) is 14.0. The fraction of sp³-hybridized carbons (Fsp3) is 0.255. The van der Waals surface area contributed by atoms with E-state index < -0.39 is 0 Å². The van der Waals surface area contributed by atoms with Crippen LogP contribution in [0.2, 0.25) is 0 Å². The first-order valence-electron chi connectivity index (χ1n) is 19.1. The summed E-state index contributed by atoms with van der Waals surface area (Å²) >= 11 is 0. The van der Waals surface area contributed by atoms with Gasteiger partial charge < -0.3 is 50.0 Å². The Bertz CT molecular complexity index is 2790. The lowest BCUT2D eigenvalue weighted by molar-refractivity contribution is -0.463. The number of nitrogens with zero attached hydrogens (tertiary/aromatic N) is 8. The number of nitriles is 1. The van der Waals surface area contributed by atoms with Crippen LogP contribution in [0, 0.1) is 17.9 Å². The molecule has 0 bridgehead atoms. The van der Waals surface area contributed by atoms with Gasteiger partial charge in [0.05, 0.1) is 40.8 Å². The monoisotopic (exact) mass is 805 g/mol. The first kappa shape index (κ1) is 40.7. The Morgan fingerprint density at radius 3 is 1.27 bits per heavy atom. The zero-order chi connectivity index (χ0) is 44.0. The number of aliphatic hydroxyl groups is 1. The van der Waals surface area contributed by atoms with Gasteiger partial charge in [-0.1, -0.05) is 0 Å². The molecule has 5 aromatic rings. The molecule has 0 amide bonds. The molecule has 5 aromatic carbocycles. The highest BCUT2D eigenvalue weighted by Gasteiger charge is 2.46. The van der Waals surface area contributed by atoms with Gasteiger partial charge in [-0.05, 0) is 48.5 Å². The second-order valence-corrected chi connectivity index (χ2v) is 16.3. The molecule has 13 nitrogen and oxygen atoms in total. The summed E-state index contributed by atoms with van der Waals surface area (Å²) in [6.07, 6.45) is 0. The zero-order valence-electron chi connectivity index (χ0n) is 35.9. The largest absolute Gasteiger partial charge is 0.507 e. The number of aromatic hydroxyl groups is 4. The zero-order valence-corrected chi connectivity index (χ0v) is 35.9. The fourth-order valence-electron chi connectivity index (χ4n) is 8.96. The van der Waals surface area contributed by atoms with Gasteiger partial charge in [-0.25, -0.2) is 14.7 Å². The highest BCUT2D eigenvalue weighted by molar-refractivity contribution is 6.31. The number of allylic oxidation sites excluding steroid dienone is 3. The molecule has 2 aliphatic rings. The summed E-state index contributed by atoms with van der Waals surface area (Å²) in [7, 11) is 22.5. The molecular weight excluding hydrogens is 757 g/mol. The lowest BCUT2D eigenvalue weighted by atomic mass is 9.68. The number of rotatable bonds is 6. The minimum atomic E-state index is -0.383. The van der Waals surface area contributed by atoms with Crippen LogP contribution >= 0.6 is 0 Å². The number of hydrogen-bond acceptors (Lipinski definition) is 11. The van der Waals surface area contributed by atoms with Gasteiger partial charge in [0, 0.05) is 142 Å². The Kier molecular flexibility index (Phi) is 9.76. The molecule has 0 aromatic heterocycles. The maximum absolute atomic E-state index is 13.0. The van der Waals surface area contributed by atoms with Gasteiger partial charge in [0.15, 0.2) is 0 Å². The van der Waals surface area contributed by atoms with Crippen molar-refractivity contribution in [2.75, 3.05) is 109 Å². The molecule has 306 valence electrons. The van der Waals surface area contributed by atoms with Gasteiger partial charge in [0.25, 0.3) is 5.70 Å². The number of benzene rings is 5. The van der Waals surface area contributed by atoms with Crippen LogP contribution in [-0.4, -0.2) is 120 Å². The molecule has 0 aliphatic heterocycles. The van der Waals surface area contributed by atoms with Crippen molar-refractivity contribution in [3.05, 3.63) is 110 Å². The summed E-state index contributed by atoms with van der Waals surface area (Å²) in [6, 6.07) is 15.4. The van der Waals surface area contributed by atoms with Crippen molar-refractivity contribution in [3.8, 4) is 29.1 Å². The summed E-state index contributed by atoms with van der Waals surface area (Å²) in [4.78, 5) is 13.3. The lowest BCUT2D eigenvalue weighted by Crippen LogP contribution is -2.30. The van der Waals surface area contributed by atoms with E-state index in [1.54, 1.807) is 48.5 Å². The highest BCUT2D eigenvalue weighted by atomic mass is 16.3. The average Bonchev–Trinajstić information content (AvgIpc) is 3.17. The van der Waals surface area contributed by atoms with Crippen LogP contribution < -0.4 is 24.5 Å². The predicted octanol–water partition coefficient (Wildman–Crippen LogP) is 7.05. The van der Waals surface area contributed by atoms with E-state index in [2.05, 4.69) is 10.9 Å². The molecular formula is C47H49N8O5+. The van der Waals surface area contributed by atoms with E-state index in [1.165, 1.54) is 0 Å². The van der Waals surface area contributed by atoms with E-state index in [4.69, 9.17) is 6.57 Å². The second-order valence-electron chi connectivity index (χ2n) is 16.3. The van der Waals surface area contributed by atoms with Crippen molar-refractivity contribution in [2.45, 2.75) is 0 Å². The van der Waals surface area contributed by atoms with Crippen LogP contribution in [0.25, 0.3) is 37.5 Å². The molecule has 0 spiro atoms. The predicted molar refractivity (Wildman–Crippen MR) is 243 cm³/mol. The summed E-state index contributed by atoms with van der Waals surface area (Å²) in [5, 5.41) is 73.5. The maximum atomic E-state index is 13.0. The highest BCUT2D eigenvalue weighted by Crippen LogP contribution is 2.61. The van der Waals surface area contributed by atoms with Gasteiger partial charge in [-0.3, -0.25) is 0 Å². The topological polar surface area (TPSA) is 149 Å². The van der Waals surface area contributed by atoms with Gasteiger partial charge in [-0.2, -0.15) is 0 Å². The van der Waals surface area contributed by atoms with E-state index in [0.717, 1.165) is 22.7 Å². The van der Waals surface area contributed by atoms with Crippen molar-refractivity contribution in [3.63, 3.8) is 0 Å². The van der Waals surface area contributed by atoms with Crippen molar-refractivity contribution in [1.29, 1.82) is 5.26 Å². The minimum Gasteiger partial charge on any atom is -0.507 e. The van der Waals surface area contributed by atoms with Gasteiger partial charge in [0.2, 0.25) is 5.71 Å². The van der Waals surface area contributed by atoms with E-state index in [0.29, 0.717) is 33.3 Å². The molecule has 5 N–H and O–H groups in total. The first-order chi connectivity index (χ1) is 28.3. The van der Waals surface area contributed by atoms with Crippen molar-refractivity contribution in [2.24, 2.45) is 0 Å². The third-order valence-electron chi connectivity index (χ3n) is 11.3. The molecule has 2 aliphatic carbocycles. The Morgan fingerprint density at radius 1 is 0.517 bits per heavy atom. The number of hydrogen-bond donors (Lipinski definition) is 5. The Hall–Kier alpha value is -7.51. The fourth-order valence-corrected chi connectivity index (χ4v) is 8.96. The number of fused-ring (bicyclic) bond motifs is 4. The molecule has 0 saturated heterocycles. The number of phenolic OH excluding ortho intramolecular Hbond substituents is 4. The van der Waals surface area contributed by atoms with Crippen LogP contribution in [0.3, 0.4) is 0 Å². The summed E-state index contributed by atoms with van der Waals surface area (Å²) in [5.74, 6) is -1.00. The molecule has 0 saturated carbocycles. The first-order valence-corrected chi connectivity index (χ1v) is 19.1. The van der Waals surface area contributed by atoms with Gasteiger partial charge in [0.1, 0.15) is 42.9 Å². The van der Waals surface area contributed by atoms with E-state index >= 15 is 0 Å². The summed E-state index contributed by atoms with van der Waals surface area (Å²) < 4.78 is 1.91. The SMILES string of the molecule is [C-]#[N+]C(C#N)=C1C(=C2c3c(O)ccc(N(C)C)c3C(=[N+](C)C)c3c(N(C)C)ccc(O)c32)C(O)=C1c1c2c(O)ccc(N(C)C)c2c(N(C)C)c2c(N(C)C)ccc(O)c12. The van der Waals surface area contributed by atoms with Crippen LogP contribution in [0.15, 0.2) is 71.1 Å². The van der Waals surface area contributed by atoms with Gasteiger partial charge >= 0.3 is 0 Å². The maximum Gasteiger partial charge on any atom is 0.270 e. The number of aliphatic hydroxyl groups excluding tert-OH is 1. The van der Waals surface area contributed by atoms with E-state index in [-0.39, 0.29) is 84.2 Å². The molecule has 60 heavy (non-hydrogen) atoms. The quantitative estimate of drug-likeness (QED) is 0.0511. The lowest BCUT2D eigenvalue weighted by Gasteiger charge is -2.37. The standard InChI is InChI=1S/C47H48N8O5/c1-49-23(22-48)32-43(41-37-28(56)18-14-24(50(2)3)33(37)45(54(10)11)34-25(51(4)5)15-19-29(57)38(34)41)47(60)44(32)42-39-30(58)20-16-26(52(6)7)35(39)46(55(12)13)36-27(53(8)9)17-21-31(59)40(36)42/h14-21H,2-13H3,(H4-,56,57,58,59,60)/p+1. The molecule has 13 heteroatoms. The van der Waals surface area contributed by atoms with E-state index in [1.807, 2.05) is 114 Å². The number of phenols is 4. The summed E-state index contributed by atoms with van der Waals surface area (Å²) in [5.41, 5.74) is 6.14. The van der Waals surface area contributed by atoms with Crippen LogP contribution in [0.4, 0.5) is 28.4 Å². The second kappa shape index (κ2) is 14.4. The van der Waals surface area contributed by atoms with Crippen LogP contribution in [0.5, 0.6) is 23.0 Å². The van der Waals surface area contributed by atoms with E-state index in [9.17, 15) is 30.8 Å². The van der Waals surface area contributed by atoms with Crippen molar-refractivity contribution in [1.82, 2.24) is 0 Å². The van der Waals surface area contributed by atoms with Crippen molar-refractivity contribution < 1.29 is 30.1 Å². The number of anilines is 5. The molecule has 0 atom stereocenters. The average molecular weight is 806 g/mol. The molecule has 0 heterocycles. The minimum absolute atomic E-state index is 0.0269. The Labute approximate surface area is 349 Å². The van der Waals surface area contributed by atoms with Crippen molar-refractivity contribution >= 4 is 66.8 Å². The molecule has 0 radical (unpaired) electrons. The van der Waals surface area contributed by atoms with Crippen LogP contribution in [0.1, 0.15) is 27.8 Å². The third-order valence-corrected chi connectivity index (χ3v) is 11.3. The Morgan fingerprint density at radius 2 is 0.917 bits per heavy atom.